The van der Waals surface area contributed by atoms with E-state index in [2.05, 4.69) is 12.1 Å². The summed E-state index contributed by atoms with van der Waals surface area (Å²) in [6.07, 6.45) is 1.13. The third-order valence-electron chi connectivity index (χ3n) is 3.85. The highest BCUT2D eigenvalue weighted by molar-refractivity contribution is 5.78. The Hall–Kier alpha value is -2.17. The van der Waals surface area contributed by atoms with E-state index in [0.29, 0.717) is 17.7 Å². The zero-order chi connectivity index (χ0) is 13.0. The van der Waals surface area contributed by atoms with Gasteiger partial charge in [0.05, 0.1) is 5.56 Å². The van der Waals surface area contributed by atoms with Gasteiger partial charge in [-0.2, -0.15) is 0 Å². The summed E-state index contributed by atoms with van der Waals surface area (Å²) in [5.74, 6) is 3.91. The Morgan fingerprint density at radius 2 is 2.05 bits per heavy atom. The van der Waals surface area contributed by atoms with Gasteiger partial charge in [-0.1, -0.05) is 18.1 Å². The summed E-state index contributed by atoms with van der Waals surface area (Å²) in [6.45, 7) is 2.47. The van der Waals surface area contributed by atoms with Gasteiger partial charge in [-0.3, -0.25) is 0 Å². The van der Waals surface area contributed by atoms with Crippen molar-refractivity contribution in [2.45, 2.75) is 19.3 Å². The fraction of sp³-hybridized carbons (Fsp3) is 0.357. The lowest BCUT2D eigenvalue weighted by Crippen LogP contribution is -1.93. The summed E-state index contributed by atoms with van der Waals surface area (Å²) in [5, 5.41) is 3.91. The van der Waals surface area contributed by atoms with E-state index in [1.54, 1.807) is 0 Å². The monoisotopic (exact) mass is 258 g/mol. The predicted molar refractivity (Wildman–Crippen MR) is 69.0 cm³/mol. The van der Waals surface area contributed by atoms with E-state index in [1.165, 1.54) is 0 Å². The Labute approximate surface area is 110 Å². The average Bonchev–Trinajstić information content (AvgIpc) is 2.83. The zero-order valence-electron chi connectivity index (χ0n) is 10.6. The van der Waals surface area contributed by atoms with Gasteiger partial charge in [-0.15, -0.1) is 0 Å². The molecular weight excluding hydrogens is 244 g/mol. The molecule has 0 radical (unpaired) electrons. The summed E-state index contributed by atoms with van der Waals surface area (Å²) >= 11 is 0. The first-order valence-electron chi connectivity index (χ1n) is 6.39. The van der Waals surface area contributed by atoms with Crippen molar-refractivity contribution in [1.29, 1.82) is 0 Å². The van der Waals surface area contributed by atoms with Crippen molar-refractivity contribution in [1.82, 2.24) is 5.16 Å². The average molecular weight is 258 g/mol. The molecular formula is C14H14N2O3. The largest absolute Gasteiger partial charge is 0.454 e. The Morgan fingerprint density at radius 3 is 2.84 bits per heavy atom. The van der Waals surface area contributed by atoms with Gasteiger partial charge in [-0.25, -0.2) is 0 Å². The molecule has 2 N–H and O–H groups in total. The molecule has 5 nitrogen and oxygen atoms in total. The van der Waals surface area contributed by atoms with Crippen molar-refractivity contribution in [3.8, 4) is 22.6 Å². The molecule has 1 aliphatic heterocycles. The molecule has 2 heterocycles. The van der Waals surface area contributed by atoms with Gasteiger partial charge < -0.3 is 19.7 Å². The number of rotatable bonds is 2. The Kier molecular flexibility index (Phi) is 2.07. The Bertz CT molecular complexity index is 650. The van der Waals surface area contributed by atoms with Gasteiger partial charge in [0.1, 0.15) is 5.76 Å². The van der Waals surface area contributed by atoms with Crippen molar-refractivity contribution >= 4 is 5.82 Å². The minimum Gasteiger partial charge on any atom is -0.454 e. The molecule has 2 aliphatic rings. The second kappa shape index (κ2) is 3.66. The number of hydrogen-bond donors (Lipinski definition) is 1. The first kappa shape index (κ1) is 10.7. The van der Waals surface area contributed by atoms with Crippen LogP contribution in [0.4, 0.5) is 5.82 Å². The van der Waals surface area contributed by atoms with E-state index in [1.807, 2.05) is 18.2 Å². The van der Waals surface area contributed by atoms with Crippen LogP contribution in [0.5, 0.6) is 11.5 Å². The van der Waals surface area contributed by atoms with Crippen molar-refractivity contribution < 1.29 is 14.0 Å². The fourth-order valence-electron chi connectivity index (χ4n) is 2.60. The molecule has 19 heavy (non-hydrogen) atoms. The molecule has 2 atom stereocenters. The summed E-state index contributed by atoms with van der Waals surface area (Å²) in [5.41, 5.74) is 7.82. The standard InChI is InChI=1S/C14H14N2O3/c1-7-4-9(7)13-12(14(15)16-19-13)8-2-3-10-11(5-8)18-6-17-10/h2-3,5,7,9H,4,6H2,1H3,(H2,15,16). The number of fused-ring (bicyclic) bond motifs is 1. The number of anilines is 1. The second-order valence-corrected chi connectivity index (χ2v) is 5.19. The van der Waals surface area contributed by atoms with E-state index in [-0.39, 0.29) is 6.79 Å². The van der Waals surface area contributed by atoms with Crippen LogP contribution in [0.1, 0.15) is 25.0 Å². The van der Waals surface area contributed by atoms with Crippen molar-refractivity contribution in [2.75, 3.05) is 12.5 Å². The van der Waals surface area contributed by atoms with Crippen molar-refractivity contribution in [3.05, 3.63) is 24.0 Å². The smallest absolute Gasteiger partial charge is 0.231 e. The number of benzene rings is 1. The van der Waals surface area contributed by atoms with Crippen LogP contribution < -0.4 is 15.2 Å². The van der Waals surface area contributed by atoms with Gasteiger partial charge >= 0.3 is 0 Å². The highest BCUT2D eigenvalue weighted by atomic mass is 16.7. The highest BCUT2D eigenvalue weighted by Gasteiger charge is 2.40. The van der Waals surface area contributed by atoms with Crippen LogP contribution in [0, 0.1) is 5.92 Å². The van der Waals surface area contributed by atoms with Crippen LogP contribution >= 0.6 is 0 Å². The summed E-state index contributed by atoms with van der Waals surface area (Å²) < 4.78 is 16.1. The number of nitrogens with zero attached hydrogens (tertiary/aromatic N) is 1. The van der Waals surface area contributed by atoms with E-state index in [9.17, 15) is 0 Å². The maximum Gasteiger partial charge on any atom is 0.231 e. The molecule has 2 unspecified atom stereocenters. The minimum atomic E-state index is 0.268. The Balaban J connectivity index is 1.82. The lowest BCUT2D eigenvalue weighted by molar-refractivity contribution is 0.174. The molecule has 1 aromatic heterocycles. The van der Waals surface area contributed by atoms with Gasteiger partial charge in [-0.05, 0) is 30.0 Å². The van der Waals surface area contributed by atoms with Crippen LogP contribution in [0.25, 0.3) is 11.1 Å². The van der Waals surface area contributed by atoms with Gasteiger partial charge in [0.2, 0.25) is 6.79 Å². The van der Waals surface area contributed by atoms with Crippen LogP contribution in [-0.4, -0.2) is 11.9 Å². The van der Waals surface area contributed by atoms with E-state index < -0.39 is 0 Å². The molecule has 0 saturated heterocycles. The molecule has 0 spiro atoms. The lowest BCUT2D eigenvalue weighted by Gasteiger charge is -2.03. The third kappa shape index (κ3) is 1.58. The molecule has 1 aromatic carbocycles. The van der Waals surface area contributed by atoms with Gasteiger partial charge in [0.25, 0.3) is 0 Å². The first-order valence-corrected chi connectivity index (χ1v) is 6.39. The number of hydrogen-bond acceptors (Lipinski definition) is 5. The van der Waals surface area contributed by atoms with E-state index in [0.717, 1.165) is 34.8 Å². The summed E-state index contributed by atoms with van der Waals surface area (Å²) in [7, 11) is 0. The second-order valence-electron chi connectivity index (χ2n) is 5.19. The molecule has 98 valence electrons. The van der Waals surface area contributed by atoms with Gasteiger partial charge in [0, 0.05) is 5.92 Å². The molecule has 5 heteroatoms. The molecule has 2 aromatic rings. The summed E-state index contributed by atoms with van der Waals surface area (Å²) in [6, 6.07) is 5.79. The molecule has 1 fully saturated rings. The van der Waals surface area contributed by atoms with Crippen LogP contribution in [0.2, 0.25) is 0 Å². The maximum absolute atomic E-state index is 5.95. The SMILES string of the molecule is CC1CC1c1onc(N)c1-c1ccc2c(c1)OCO2. The van der Waals surface area contributed by atoms with Crippen molar-refractivity contribution in [3.63, 3.8) is 0 Å². The number of aromatic nitrogens is 1. The van der Waals surface area contributed by atoms with E-state index >= 15 is 0 Å². The fourth-order valence-corrected chi connectivity index (χ4v) is 2.60. The van der Waals surface area contributed by atoms with E-state index in [4.69, 9.17) is 19.7 Å². The molecule has 1 saturated carbocycles. The zero-order valence-corrected chi connectivity index (χ0v) is 10.6. The third-order valence-corrected chi connectivity index (χ3v) is 3.85. The number of ether oxygens (including phenoxy) is 2. The highest BCUT2D eigenvalue weighted by Crippen LogP contribution is 2.51. The Morgan fingerprint density at radius 1 is 1.26 bits per heavy atom. The topological polar surface area (TPSA) is 70.5 Å². The lowest BCUT2D eigenvalue weighted by atomic mass is 10.0. The normalized spacial score (nSPS) is 23.6. The van der Waals surface area contributed by atoms with Crippen molar-refractivity contribution in [2.24, 2.45) is 5.92 Å². The first-order chi connectivity index (χ1) is 9.24. The van der Waals surface area contributed by atoms with Crippen LogP contribution in [-0.2, 0) is 0 Å². The predicted octanol–water partition coefficient (Wildman–Crippen LogP) is 2.78. The number of nitrogen functional groups attached to an aromatic ring is 1. The summed E-state index contributed by atoms with van der Waals surface area (Å²) in [4.78, 5) is 0. The minimum absolute atomic E-state index is 0.268. The number of nitrogens with two attached hydrogens (primary N) is 1. The molecule has 0 bridgehead atoms. The maximum atomic E-state index is 5.95. The van der Waals surface area contributed by atoms with Crippen LogP contribution in [0.15, 0.2) is 22.7 Å². The quantitative estimate of drug-likeness (QED) is 0.896. The molecule has 0 amide bonds. The molecule has 1 aliphatic carbocycles. The van der Waals surface area contributed by atoms with Gasteiger partial charge in [0.15, 0.2) is 17.3 Å². The molecule has 4 rings (SSSR count). The van der Waals surface area contributed by atoms with Crippen LogP contribution in [0.3, 0.4) is 0 Å².